The zero-order valence-electron chi connectivity index (χ0n) is 24.8. The first kappa shape index (κ1) is 32.0. The number of thiazole rings is 1. The Bertz CT molecular complexity index is 1710. The van der Waals surface area contributed by atoms with Gasteiger partial charge in [-0.2, -0.15) is 4.57 Å². The summed E-state index contributed by atoms with van der Waals surface area (Å²) in [7, 11) is 1.59. The number of carbonyl (C=O) groups is 2. The van der Waals surface area contributed by atoms with E-state index < -0.39 is 12.0 Å². The minimum absolute atomic E-state index is 0.0539. The van der Waals surface area contributed by atoms with Crippen LogP contribution in [0.5, 0.6) is 5.75 Å². The predicted octanol–water partition coefficient (Wildman–Crippen LogP) is 6.97. The van der Waals surface area contributed by atoms with Crippen molar-refractivity contribution in [3.05, 3.63) is 80.7 Å². The molecule has 1 unspecified atom stereocenters. The quantitative estimate of drug-likeness (QED) is 0.136. The first-order valence-electron chi connectivity index (χ1n) is 14.1. The molecule has 4 aromatic rings. The molecular weight excluding hydrogens is 639 g/mol. The van der Waals surface area contributed by atoms with E-state index in [2.05, 4.69) is 23.2 Å². The van der Waals surface area contributed by atoms with Crippen LogP contribution in [-0.4, -0.2) is 44.7 Å². The average Bonchev–Trinajstić information content (AvgIpc) is 3.54. The number of aromatic nitrogens is 1. The largest absolute Gasteiger partial charge is 0.497 e. The Morgan fingerprint density at radius 3 is 2.50 bits per heavy atom. The van der Waals surface area contributed by atoms with E-state index in [0.717, 1.165) is 37.4 Å². The third-order valence-electron chi connectivity index (χ3n) is 7.20. The molecule has 5 rings (SSSR count). The second kappa shape index (κ2) is 14.1. The number of fused-ring (bicyclic) bond motifs is 2. The molecule has 44 heavy (non-hydrogen) atoms. The molecule has 0 radical (unpaired) electrons. The van der Waals surface area contributed by atoms with Gasteiger partial charge in [0, 0.05) is 33.2 Å². The maximum Gasteiger partial charge on any atom is 0.328 e. The topological polar surface area (TPSA) is 75.0 Å². The van der Waals surface area contributed by atoms with E-state index in [1.165, 1.54) is 0 Å². The zero-order valence-corrected chi connectivity index (χ0v) is 27.9. The van der Waals surface area contributed by atoms with Gasteiger partial charge in [-0.1, -0.05) is 46.3 Å². The summed E-state index contributed by atoms with van der Waals surface area (Å²) >= 11 is 16.0. The van der Waals surface area contributed by atoms with E-state index in [-0.39, 0.29) is 25.7 Å². The average molecular weight is 673 g/mol. The van der Waals surface area contributed by atoms with E-state index >= 15 is 0 Å². The summed E-state index contributed by atoms with van der Waals surface area (Å²) in [6.45, 7) is 6.77. The van der Waals surface area contributed by atoms with Crippen molar-refractivity contribution < 1.29 is 23.6 Å². The lowest BCUT2D eigenvalue weighted by molar-refractivity contribution is -0.672. The number of hydrogen-bond acceptors (Lipinski definition) is 8. The smallest absolute Gasteiger partial charge is 0.328 e. The number of benzene rings is 3. The predicted molar refractivity (Wildman–Crippen MR) is 180 cm³/mol. The van der Waals surface area contributed by atoms with Gasteiger partial charge in [0.25, 0.3) is 5.01 Å². The standard InChI is InChI=1S/C32H32Cl2N4O4S2/c1-5-36-25-15-21(33)7-13-27(25)43-30(36)17-31-38(26-16-22(34)8-14-28(26)44-31)19-35-29(39)18-37(20(3)32(40)42-6-2)23-9-11-24(41-4)12-10-23/h7-17,20H,5-6,18-19H2,1-4H3/p+1. The third kappa shape index (κ3) is 6.94. The Labute approximate surface area is 275 Å². The molecule has 0 bridgehead atoms. The maximum absolute atomic E-state index is 13.5. The summed E-state index contributed by atoms with van der Waals surface area (Å²) in [6.07, 6.45) is 2.14. The number of nitrogens with zero attached hydrogens (tertiary/aromatic N) is 3. The Morgan fingerprint density at radius 2 is 1.80 bits per heavy atom. The van der Waals surface area contributed by atoms with Crippen LogP contribution >= 0.6 is 46.3 Å². The lowest BCUT2D eigenvalue weighted by atomic mass is 10.2. The van der Waals surface area contributed by atoms with E-state index in [9.17, 15) is 9.59 Å². The van der Waals surface area contributed by atoms with E-state index in [1.54, 1.807) is 61.1 Å². The van der Waals surface area contributed by atoms with Crippen molar-refractivity contribution in [2.45, 2.75) is 38.4 Å². The number of halogens is 2. The van der Waals surface area contributed by atoms with Gasteiger partial charge >= 0.3 is 5.97 Å². The molecule has 2 heterocycles. The minimum Gasteiger partial charge on any atom is -0.497 e. The van der Waals surface area contributed by atoms with Crippen LogP contribution in [0.3, 0.4) is 0 Å². The highest BCUT2D eigenvalue weighted by molar-refractivity contribution is 8.03. The number of carbonyl (C=O) groups excluding carboxylic acids is 2. The van der Waals surface area contributed by atoms with Crippen molar-refractivity contribution in [3.8, 4) is 5.75 Å². The molecule has 1 amide bonds. The molecule has 1 aliphatic heterocycles. The highest BCUT2D eigenvalue weighted by Gasteiger charge is 2.29. The Kier molecular flexibility index (Phi) is 10.3. The number of thioether (sulfide) groups is 1. The molecule has 1 N–H and O–H groups in total. The number of rotatable bonds is 11. The van der Waals surface area contributed by atoms with Crippen LogP contribution in [0.4, 0.5) is 11.4 Å². The van der Waals surface area contributed by atoms with Gasteiger partial charge in [0.15, 0.2) is 0 Å². The SMILES string of the molecule is CCOC(=O)C(C)N(CC(=O)NC[n+]1c(/C=C2\Sc3ccc(Cl)cc3N2CC)sc2ccc(Cl)cc21)c1ccc(OC)cc1. The van der Waals surface area contributed by atoms with E-state index in [0.29, 0.717) is 21.5 Å². The molecule has 0 spiro atoms. The van der Waals surface area contributed by atoms with Gasteiger partial charge in [-0.25, -0.2) is 4.79 Å². The Morgan fingerprint density at radius 1 is 1.07 bits per heavy atom. The molecule has 0 saturated carbocycles. The molecule has 1 aliphatic rings. The number of amides is 1. The first-order valence-corrected chi connectivity index (χ1v) is 16.5. The van der Waals surface area contributed by atoms with Gasteiger partial charge < -0.3 is 19.3 Å². The van der Waals surface area contributed by atoms with Gasteiger partial charge in [-0.3, -0.25) is 10.1 Å². The van der Waals surface area contributed by atoms with Gasteiger partial charge in [0.2, 0.25) is 18.1 Å². The number of esters is 1. The fraction of sp³-hybridized carbons (Fsp3) is 0.281. The number of anilines is 2. The van der Waals surface area contributed by atoms with Crippen molar-refractivity contribution >= 4 is 85.8 Å². The number of methoxy groups -OCH3 is 1. The number of nitrogens with one attached hydrogen (secondary N) is 1. The van der Waals surface area contributed by atoms with Gasteiger partial charge in [-0.05, 0) is 75.4 Å². The molecule has 0 saturated heterocycles. The van der Waals surface area contributed by atoms with Crippen LogP contribution < -0.4 is 24.4 Å². The first-order chi connectivity index (χ1) is 21.2. The molecule has 230 valence electrons. The van der Waals surface area contributed by atoms with E-state index in [4.69, 9.17) is 32.7 Å². The minimum atomic E-state index is -0.683. The van der Waals surface area contributed by atoms with Crippen LogP contribution in [-0.2, 0) is 21.0 Å². The van der Waals surface area contributed by atoms with Crippen molar-refractivity contribution in [2.24, 2.45) is 0 Å². The fourth-order valence-corrected chi connectivity index (χ4v) is 7.58. The van der Waals surface area contributed by atoms with Gasteiger partial charge in [0.05, 0.1) is 37.1 Å². The van der Waals surface area contributed by atoms with Gasteiger partial charge in [0.1, 0.15) is 16.5 Å². The molecule has 3 aromatic carbocycles. The molecule has 8 nitrogen and oxygen atoms in total. The van der Waals surface area contributed by atoms with Crippen molar-refractivity contribution in [2.75, 3.05) is 36.6 Å². The fourth-order valence-electron chi connectivity index (χ4n) is 4.95. The maximum atomic E-state index is 13.5. The Balaban J connectivity index is 1.42. The summed E-state index contributed by atoms with van der Waals surface area (Å²) in [5.41, 5.74) is 2.69. The molecular formula is C32H33Cl2N4O4S2+. The van der Waals surface area contributed by atoms with Crippen LogP contribution in [0, 0.1) is 0 Å². The third-order valence-corrected chi connectivity index (χ3v) is 9.89. The second-order valence-electron chi connectivity index (χ2n) is 9.93. The van der Waals surface area contributed by atoms with Crippen LogP contribution in [0.2, 0.25) is 10.0 Å². The normalized spacial score (nSPS) is 14.0. The molecule has 1 aromatic heterocycles. The van der Waals surface area contributed by atoms with Crippen LogP contribution in [0.1, 0.15) is 25.8 Å². The highest BCUT2D eigenvalue weighted by atomic mass is 35.5. The summed E-state index contributed by atoms with van der Waals surface area (Å²) in [4.78, 5) is 31.2. The van der Waals surface area contributed by atoms with Crippen molar-refractivity contribution in [1.29, 1.82) is 0 Å². The lowest BCUT2D eigenvalue weighted by Gasteiger charge is -2.29. The van der Waals surface area contributed by atoms with Crippen LogP contribution in [0.15, 0.2) is 70.6 Å². The molecule has 0 fully saturated rings. The number of ether oxygens (including phenoxy) is 2. The van der Waals surface area contributed by atoms with Crippen molar-refractivity contribution in [3.63, 3.8) is 0 Å². The summed E-state index contributed by atoms with van der Waals surface area (Å²) < 4.78 is 13.6. The monoisotopic (exact) mass is 671 g/mol. The van der Waals surface area contributed by atoms with Gasteiger partial charge in [-0.15, -0.1) is 0 Å². The number of hydrogen-bond donors (Lipinski definition) is 1. The Hall–Kier alpha value is -3.44. The van der Waals surface area contributed by atoms with Crippen molar-refractivity contribution in [1.82, 2.24) is 5.32 Å². The van der Waals surface area contributed by atoms with Crippen LogP contribution in [0.25, 0.3) is 16.3 Å². The van der Waals surface area contributed by atoms with E-state index in [1.807, 2.05) is 53.1 Å². The molecule has 0 aliphatic carbocycles. The lowest BCUT2D eigenvalue weighted by Crippen LogP contribution is -2.50. The second-order valence-corrected chi connectivity index (χ2v) is 12.9. The summed E-state index contributed by atoms with van der Waals surface area (Å²) in [5, 5.41) is 6.38. The summed E-state index contributed by atoms with van der Waals surface area (Å²) in [6, 6.07) is 18.2. The molecule has 1 atom stereocenters. The zero-order chi connectivity index (χ0) is 31.4. The summed E-state index contributed by atoms with van der Waals surface area (Å²) in [5.74, 6) is 0.0165. The molecule has 12 heteroatoms. The highest BCUT2D eigenvalue weighted by Crippen LogP contribution is 2.47.